The van der Waals surface area contributed by atoms with Crippen molar-refractivity contribution in [2.75, 3.05) is 12.8 Å². The van der Waals surface area contributed by atoms with Crippen LogP contribution in [0.2, 0.25) is 0 Å². The van der Waals surface area contributed by atoms with E-state index in [2.05, 4.69) is 5.10 Å². The molecule has 1 amide bonds. The second kappa shape index (κ2) is 8.86. The zero-order valence-corrected chi connectivity index (χ0v) is 19.7. The van der Waals surface area contributed by atoms with E-state index in [9.17, 15) is 28.4 Å². The summed E-state index contributed by atoms with van der Waals surface area (Å²) in [6, 6.07) is 8.40. The molecule has 1 aromatic carbocycles. The molecule has 2 atom stereocenters. The fourth-order valence-electron chi connectivity index (χ4n) is 3.90. The van der Waals surface area contributed by atoms with E-state index in [0.29, 0.717) is 18.5 Å². The monoisotopic (exact) mass is 474 g/mol. The van der Waals surface area contributed by atoms with Gasteiger partial charge in [0, 0.05) is 31.7 Å². The molecule has 176 valence electrons. The number of likely N-dealkylation sites (tertiary alicyclic amines) is 1. The molecule has 3 rings (SSSR count). The molecule has 1 saturated heterocycles. The van der Waals surface area contributed by atoms with Gasteiger partial charge in [-0.15, -0.1) is 5.10 Å². The standard InChI is InChI=1S/C22H26N4O6S/c1-22(2,3)19-11-15(9-10-25(19)21(28)29)32-18-12-20(27)26(24-17(18)13-23)14-5-7-16(8-6-14)33(4,30)31/h5-8,12,15,19H,9-11H2,1-4H3,(H,28,29). The Hall–Kier alpha value is -3.39. The van der Waals surface area contributed by atoms with Crippen molar-refractivity contribution in [1.29, 1.82) is 5.26 Å². The normalized spacial score (nSPS) is 19.1. The molecule has 33 heavy (non-hydrogen) atoms. The Balaban J connectivity index is 1.88. The van der Waals surface area contributed by atoms with E-state index in [4.69, 9.17) is 4.74 Å². The van der Waals surface area contributed by atoms with E-state index in [1.165, 1.54) is 35.2 Å². The summed E-state index contributed by atoms with van der Waals surface area (Å²) in [5.74, 6) is 0.0351. The first-order chi connectivity index (χ1) is 15.3. The van der Waals surface area contributed by atoms with Crippen molar-refractivity contribution in [2.45, 2.75) is 50.7 Å². The van der Waals surface area contributed by atoms with E-state index in [1.54, 1.807) is 0 Å². The van der Waals surface area contributed by atoms with Gasteiger partial charge >= 0.3 is 6.09 Å². The molecule has 1 N–H and O–H groups in total. The highest BCUT2D eigenvalue weighted by molar-refractivity contribution is 7.90. The molecule has 1 aromatic heterocycles. The Labute approximate surface area is 191 Å². The molecule has 1 fully saturated rings. The van der Waals surface area contributed by atoms with Gasteiger partial charge in [-0.25, -0.2) is 13.2 Å². The molecule has 1 aliphatic rings. The highest BCUT2D eigenvalue weighted by atomic mass is 32.2. The highest BCUT2D eigenvalue weighted by Gasteiger charge is 2.39. The molecule has 10 nitrogen and oxygen atoms in total. The lowest BCUT2D eigenvalue weighted by Crippen LogP contribution is -2.53. The summed E-state index contributed by atoms with van der Waals surface area (Å²) in [6.45, 7) is 6.14. The molecule has 11 heteroatoms. The Morgan fingerprint density at radius 1 is 1.27 bits per heavy atom. The van der Waals surface area contributed by atoms with Gasteiger partial charge in [-0.05, 0) is 29.7 Å². The van der Waals surface area contributed by atoms with Crippen LogP contribution in [0.5, 0.6) is 5.75 Å². The van der Waals surface area contributed by atoms with Crippen molar-refractivity contribution in [3.05, 3.63) is 46.4 Å². The number of hydrogen-bond acceptors (Lipinski definition) is 7. The fourth-order valence-corrected chi connectivity index (χ4v) is 4.53. The molecular weight excluding hydrogens is 448 g/mol. The summed E-state index contributed by atoms with van der Waals surface area (Å²) in [6.07, 6.45) is 0.536. The molecule has 2 aromatic rings. The maximum atomic E-state index is 12.7. The summed E-state index contributed by atoms with van der Waals surface area (Å²) in [5.41, 5.74) is -0.669. The third-order valence-corrected chi connectivity index (χ3v) is 6.73. The van der Waals surface area contributed by atoms with Crippen molar-refractivity contribution in [1.82, 2.24) is 14.7 Å². The number of hydrogen-bond donors (Lipinski definition) is 1. The fraction of sp³-hybridized carbons (Fsp3) is 0.455. The van der Waals surface area contributed by atoms with Gasteiger partial charge in [0.25, 0.3) is 5.56 Å². The third-order valence-electron chi connectivity index (χ3n) is 5.61. The predicted molar refractivity (Wildman–Crippen MR) is 119 cm³/mol. The van der Waals surface area contributed by atoms with E-state index < -0.39 is 21.5 Å². The number of amides is 1. The number of carbonyl (C=O) groups is 1. The van der Waals surface area contributed by atoms with Gasteiger partial charge in [0.1, 0.15) is 12.2 Å². The van der Waals surface area contributed by atoms with Gasteiger partial charge in [-0.1, -0.05) is 20.8 Å². The maximum Gasteiger partial charge on any atom is 0.407 e. The summed E-state index contributed by atoms with van der Waals surface area (Å²) in [7, 11) is -3.39. The zero-order valence-electron chi connectivity index (χ0n) is 18.8. The summed E-state index contributed by atoms with van der Waals surface area (Å²) in [5, 5.41) is 23.2. The van der Waals surface area contributed by atoms with Gasteiger partial charge < -0.3 is 14.7 Å². The van der Waals surface area contributed by atoms with Gasteiger partial charge in [0.05, 0.1) is 16.6 Å². The molecule has 0 radical (unpaired) electrons. The van der Waals surface area contributed by atoms with Crippen LogP contribution in [0.25, 0.3) is 5.69 Å². The minimum absolute atomic E-state index is 0.0351. The number of sulfone groups is 1. The lowest BCUT2D eigenvalue weighted by atomic mass is 9.80. The largest absolute Gasteiger partial charge is 0.487 e. The molecule has 1 aliphatic heterocycles. The Bertz CT molecular complexity index is 1260. The number of benzene rings is 1. The predicted octanol–water partition coefficient (Wildman–Crippen LogP) is 2.44. The molecule has 0 aliphatic carbocycles. The maximum absolute atomic E-state index is 12.7. The van der Waals surface area contributed by atoms with Gasteiger partial charge in [-0.2, -0.15) is 9.94 Å². The van der Waals surface area contributed by atoms with Crippen molar-refractivity contribution in [3.8, 4) is 17.5 Å². The number of aromatic nitrogens is 2. The van der Waals surface area contributed by atoms with Gasteiger partial charge in [0.2, 0.25) is 5.69 Å². The average Bonchev–Trinajstić information content (AvgIpc) is 2.72. The average molecular weight is 475 g/mol. The minimum atomic E-state index is -3.39. The summed E-state index contributed by atoms with van der Waals surface area (Å²) in [4.78, 5) is 25.8. The Kier molecular flexibility index (Phi) is 6.51. The van der Waals surface area contributed by atoms with Crippen LogP contribution in [0.3, 0.4) is 0 Å². The topological polar surface area (TPSA) is 143 Å². The number of nitrogens with zero attached hydrogens (tertiary/aromatic N) is 4. The second-order valence-electron chi connectivity index (χ2n) is 9.11. The zero-order chi connectivity index (χ0) is 24.6. The SMILES string of the molecule is CC(C)(C)C1CC(Oc2cc(=O)n(-c3ccc(S(C)(=O)=O)cc3)nc2C#N)CCN1C(=O)O. The number of rotatable bonds is 4. The van der Waals surface area contributed by atoms with Crippen LogP contribution in [0.15, 0.2) is 40.0 Å². The van der Waals surface area contributed by atoms with Crippen molar-refractivity contribution in [3.63, 3.8) is 0 Å². The van der Waals surface area contributed by atoms with Crippen LogP contribution in [-0.4, -0.2) is 59.2 Å². The molecular formula is C22H26N4O6S. The second-order valence-corrected chi connectivity index (χ2v) is 11.1. The van der Waals surface area contributed by atoms with Crippen LogP contribution in [-0.2, 0) is 9.84 Å². The van der Waals surface area contributed by atoms with Crippen LogP contribution in [0, 0.1) is 16.7 Å². The van der Waals surface area contributed by atoms with Crippen molar-refractivity contribution >= 4 is 15.9 Å². The van der Waals surface area contributed by atoms with E-state index >= 15 is 0 Å². The number of piperidine rings is 1. The molecule has 0 bridgehead atoms. The van der Waals surface area contributed by atoms with Crippen LogP contribution in [0.1, 0.15) is 39.3 Å². The van der Waals surface area contributed by atoms with E-state index in [1.807, 2.05) is 26.8 Å². The van der Waals surface area contributed by atoms with Crippen molar-refractivity contribution < 1.29 is 23.1 Å². The minimum Gasteiger partial charge on any atom is -0.487 e. The quantitative estimate of drug-likeness (QED) is 0.712. The molecule has 0 spiro atoms. The molecule has 2 unspecified atom stereocenters. The van der Waals surface area contributed by atoms with Crippen LogP contribution in [0.4, 0.5) is 4.79 Å². The van der Waals surface area contributed by atoms with Gasteiger partial charge in [0.15, 0.2) is 15.6 Å². The van der Waals surface area contributed by atoms with Gasteiger partial charge in [-0.3, -0.25) is 4.79 Å². The summed E-state index contributed by atoms with van der Waals surface area (Å²) >= 11 is 0. The lowest BCUT2D eigenvalue weighted by molar-refractivity contribution is 0.0127. The van der Waals surface area contributed by atoms with Crippen molar-refractivity contribution in [2.24, 2.45) is 5.41 Å². The number of carboxylic acid groups (broad SMARTS) is 1. The molecule has 0 saturated carbocycles. The van der Waals surface area contributed by atoms with E-state index in [-0.39, 0.29) is 40.4 Å². The van der Waals surface area contributed by atoms with Crippen LogP contribution >= 0.6 is 0 Å². The Morgan fingerprint density at radius 3 is 2.42 bits per heavy atom. The summed E-state index contributed by atoms with van der Waals surface area (Å²) < 4.78 is 30.3. The van der Waals surface area contributed by atoms with Crippen LogP contribution < -0.4 is 10.3 Å². The van der Waals surface area contributed by atoms with E-state index in [0.717, 1.165) is 10.9 Å². The highest BCUT2D eigenvalue weighted by Crippen LogP contribution is 2.34. The third kappa shape index (κ3) is 5.34. The smallest absolute Gasteiger partial charge is 0.407 e. The number of nitriles is 1. The first-order valence-electron chi connectivity index (χ1n) is 10.3. The first kappa shape index (κ1) is 24.3. The molecule has 2 heterocycles. The Morgan fingerprint density at radius 2 is 1.91 bits per heavy atom. The lowest BCUT2D eigenvalue weighted by Gasteiger charge is -2.44. The number of ether oxygens (including phenoxy) is 1. The first-order valence-corrected chi connectivity index (χ1v) is 12.2.